The summed E-state index contributed by atoms with van der Waals surface area (Å²) in [5.74, 6) is 0.191. The number of H-pyrrole nitrogens is 1. The Bertz CT molecular complexity index is 810. The number of carbonyl (C=O) groups excluding carboxylic acids is 2. The predicted molar refractivity (Wildman–Crippen MR) is 97.1 cm³/mol. The summed E-state index contributed by atoms with van der Waals surface area (Å²) in [6.45, 7) is 3.63. The predicted octanol–water partition coefficient (Wildman–Crippen LogP) is 2.84. The zero-order valence-corrected chi connectivity index (χ0v) is 14.8. The first-order valence-electron chi connectivity index (χ1n) is 9.35. The van der Waals surface area contributed by atoms with E-state index in [2.05, 4.69) is 24.0 Å². The first kappa shape index (κ1) is 16.2. The van der Waals surface area contributed by atoms with Crippen LogP contribution in [0.3, 0.4) is 0 Å². The average Bonchev–Trinajstić information content (AvgIpc) is 2.99. The van der Waals surface area contributed by atoms with Crippen LogP contribution in [-0.2, 0) is 22.6 Å². The zero-order valence-electron chi connectivity index (χ0n) is 14.8. The van der Waals surface area contributed by atoms with E-state index in [-0.39, 0.29) is 24.4 Å². The molecule has 1 aromatic carbocycles. The van der Waals surface area contributed by atoms with E-state index in [4.69, 9.17) is 0 Å². The van der Waals surface area contributed by atoms with Crippen molar-refractivity contribution >= 4 is 22.7 Å². The van der Waals surface area contributed by atoms with Crippen LogP contribution in [0.1, 0.15) is 43.9 Å². The molecule has 1 N–H and O–H groups in total. The number of benzene rings is 1. The number of hydrogen-bond donors (Lipinski definition) is 1. The van der Waals surface area contributed by atoms with Crippen LogP contribution in [-0.4, -0.2) is 45.7 Å². The number of rotatable bonds is 5. The average molecular weight is 339 g/mol. The number of fused-ring (bicyclic) bond motifs is 4. The van der Waals surface area contributed by atoms with Crippen molar-refractivity contribution < 1.29 is 9.59 Å². The van der Waals surface area contributed by atoms with Crippen LogP contribution in [0.5, 0.6) is 0 Å². The molecule has 3 heterocycles. The molecule has 0 bridgehead atoms. The zero-order chi connectivity index (χ0) is 17.4. The summed E-state index contributed by atoms with van der Waals surface area (Å²) >= 11 is 0. The lowest BCUT2D eigenvalue weighted by Crippen LogP contribution is -2.61. The van der Waals surface area contributed by atoms with Gasteiger partial charge in [0.15, 0.2) is 0 Å². The van der Waals surface area contributed by atoms with Crippen LogP contribution in [0, 0.1) is 0 Å². The molecule has 132 valence electrons. The Balaban J connectivity index is 1.56. The van der Waals surface area contributed by atoms with Crippen LogP contribution in [0.4, 0.5) is 0 Å². The lowest BCUT2D eigenvalue weighted by Gasteiger charge is -2.42. The molecule has 0 radical (unpaired) electrons. The van der Waals surface area contributed by atoms with Gasteiger partial charge >= 0.3 is 0 Å². The van der Waals surface area contributed by atoms with Crippen molar-refractivity contribution in [2.45, 2.75) is 51.6 Å². The maximum Gasteiger partial charge on any atom is 0.246 e. The molecule has 25 heavy (non-hydrogen) atoms. The van der Waals surface area contributed by atoms with Crippen molar-refractivity contribution in [3.05, 3.63) is 35.5 Å². The molecule has 0 aliphatic carbocycles. The molecule has 1 atom stereocenters. The first-order valence-corrected chi connectivity index (χ1v) is 9.35. The second-order valence-electron chi connectivity index (χ2n) is 7.19. The van der Waals surface area contributed by atoms with E-state index in [1.54, 1.807) is 9.80 Å². The van der Waals surface area contributed by atoms with Gasteiger partial charge < -0.3 is 14.8 Å². The Morgan fingerprint density at radius 2 is 1.96 bits per heavy atom. The van der Waals surface area contributed by atoms with Crippen molar-refractivity contribution in [3.63, 3.8) is 0 Å². The standard InChI is InChI=1S/C20H25N3O2/c1-2-3-4-7-10-22-13-19(24)23-12-17-15(11-18(23)20(22)25)14-8-5-6-9-16(14)21-17/h5-6,8-9,18,21H,2-4,7,10-13H2,1H3. The molecule has 5 heteroatoms. The van der Waals surface area contributed by atoms with Gasteiger partial charge in [0.25, 0.3) is 0 Å². The highest BCUT2D eigenvalue weighted by molar-refractivity contribution is 5.96. The van der Waals surface area contributed by atoms with Crippen molar-refractivity contribution in [2.75, 3.05) is 13.1 Å². The van der Waals surface area contributed by atoms with Crippen molar-refractivity contribution in [1.82, 2.24) is 14.8 Å². The maximum atomic E-state index is 13.0. The Kier molecular flexibility index (Phi) is 4.24. The molecule has 4 rings (SSSR count). The second-order valence-corrected chi connectivity index (χ2v) is 7.19. The highest BCUT2D eigenvalue weighted by atomic mass is 16.2. The van der Waals surface area contributed by atoms with Gasteiger partial charge in [-0.2, -0.15) is 0 Å². The van der Waals surface area contributed by atoms with Gasteiger partial charge in [-0.15, -0.1) is 0 Å². The topological polar surface area (TPSA) is 56.4 Å². The van der Waals surface area contributed by atoms with E-state index in [1.807, 2.05) is 12.1 Å². The third kappa shape index (κ3) is 2.81. The number of hydrogen-bond acceptors (Lipinski definition) is 2. The highest BCUT2D eigenvalue weighted by Crippen LogP contribution is 2.32. The van der Waals surface area contributed by atoms with Gasteiger partial charge in [0.1, 0.15) is 6.04 Å². The molecule has 1 fully saturated rings. The molecule has 2 aromatic rings. The van der Waals surface area contributed by atoms with Gasteiger partial charge in [-0.25, -0.2) is 0 Å². The Morgan fingerprint density at radius 1 is 1.12 bits per heavy atom. The Hall–Kier alpha value is -2.30. The van der Waals surface area contributed by atoms with Crippen molar-refractivity contribution in [3.8, 4) is 0 Å². The summed E-state index contributed by atoms with van der Waals surface area (Å²) < 4.78 is 0. The lowest BCUT2D eigenvalue weighted by atomic mass is 9.94. The molecule has 5 nitrogen and oxygen atoms in total. The second kappa shape index (κ2) is 6.54. The number of para-hydroxylation sites is 1. The quantitative estimate of drug-likeness (QED) is 0.852. The van der Waals surface area contributed by atoms with Crippen LogP contribution >= 0.6 is 0 Å². The van der Waals surface area contributed by atoms with Crippen LogP contribution in [0.25, 0.3) is 10.9 Å². The van der Waals surface area contributed by atoms with E-state index in [1.165, 1.54) is 23.8 Å². The minimum absolute atomic E-state index is 0.0735. The molecule has 2 aliphatic heterocycles. The lowest BCUT2D eigenvalue weighted by molar-refractivity contribution is -0.157. The number of nitrogens with one attached hydrogen (secondary N) is 1. The molecule has 2 aliphatic rings. The summed E-state index contributed by atoms with van der Waals surface area (Å²) in [6.07, 6.45) is 5.08. The van der Waals surface area contributed by atoms with Crippen molar-refractivity contribution in [1.29, 1.82) is 0 Å². The van der Waals surface area contributed by atoms with E-state index in [0.29, 0.717) is 19.5 Å². The molecular formula is C20H25N3O2. The van der Waals surface area contributed by atoms with E-state index >= 15 is 0 Å². The molecule has 0 spiro atoms. The van der Waals surface area contributed by atoms with E-state index in [0.717, 1.165) is 24.1 Å². The number of aromatic amines is 1. The highest BCUT2D eigenvalue weighted by Gasteiger charge is 2.42. The number of carbonyl (C=O) groups is 2. The van der Waals surface area contributed by atoms with Gasteiger partial charge in [0.05, 0.1) is 13.1 Å². The normalized spacial score (nSPS) is 20.1. The largest absolute Gasteiger partial charge is 0.357 e. The molecule has 1 unspecified atom stereocenters. The summed E-state index contributed by atoms with van der Waals surface area (Å²) in [5, 5.41) is 1.18. The summed E-state index contributed by atoms with van der Waals surface area (Å²) in [4.78, 5) is 32.5. The maximum absolute atomic E-state index is 13.0. The Labute approximate surface area is 148 Å². The molecular weight excluding hydrogens is 314 g/mol. The molecule has 1 saturated heterocycles. The first-order chi connectivity index (χ1) is 12.2. The van der Waals surface area contributed by atoms with Gasteiger partial charge in [-0.3, -0.25) is 9.59 Å². The summed E-state index contributed by atoms with van der Waals surface area (Å²) in [6, 6.07) is 7.84. The third-order valence-corrected chi connectivity index (χ3v) is 5.53. The number of unbranched alkanes of at least 4 members (excludes halogenated alkanes) is 3. The summed E-state index contributed by atoms with van der Waals surface area (Å²) in [5.41, 5.74) is 3.37. The SMILES string of the molecule is CCCCCCN1CC(=O)N2Cc3[nH]c4ccccc4c3CC2C1=O. The Morgan fingerprint density at radius 3 is 2.80 bits per heavy atom. The molecule has 2 amide bonds. The van der Waals surface area contributed by atoms with Crippen LogP contribution in [0.2, 0.25) is 0 Å². The smallest absolute Gasteiger partial charge is 0.246 e. The third-order valence-electron chi connectivity index (χ3n) is 5.53. The van der Waals surface area contributed by atoms with E-state index in [9.17, 15) is 9.59 Å². The van der Waals surface area contributed by atoms with Crippen LogP contribution < -0.4 is 0 Å². The van der Waals surface area contributed by atoms with Gasteiger partial charge in [-0.1, -0.05) is 44.4 Å². The number of piperazine rings is 1. The molecule has 0 saturated carbocycles. The van der Waals surface area contributed by atoms with Crippen LogP contribution in [0.15, 0.2) is 24.3 Å². The summed E-state index contributed by atoms with van der Waals surface area (Å²) in [7, 11) is 0. The van der Waals surface area contributed by atoms with E-state index < -0.39 is 0 Å². The minimum atomic E-state index is -0.334. The number of nitrogens with zero attached hydrogens (tertiary/aromatic N) is 2. The fourth-order valence-electron chi connectivity index (χ4n) is 4.15. The minimum Gasteiger partial charge on any atom is -0.357 e. The van der Waals surface area contributed by atoms with Gasteiger partial charge in [-0.05, 0) is 18.1 Å². The van der Waals surface area contributed by atoms with Crippen molar-refractivity contribution in [2.24, 2.45) is 0 Å². The number of amides is 2. The monoisotopic (exact) mass is 339 g/mol. The molecule has 1 aromatic heterocycles. The fourth-order valence-corrected chi connectivity index (χ4v) is 4.15. The fraction of sp³-hybridized carbons (Fsp3) is 0.500. The number of aromatic nitrogens is 1. The van der Waals surface area contributed by atoms with Gasteiger partial charge in [0, 0.05) is 29.6 Å². The van der Waals surface area contributed by atoms with Gasteiger partial charge in [0.2, 0.25) is 11.8 Å².